The third-order valence-electron chi connectivity index (χ3n) is 4.24. The highest BCUT2D eigenvalue weighted by Crippen LogP contribution is 2.31. The van der Waals surface area contributed by atoms with Crippen LogP contribution in [0.4, 0.5) is 5.69 Å². The molecule has 27 heavy (non-hydrogen) atoms. The first-order chi connectivity index (χ1) is 12.8. The van der Waals surface area contributed by atoms with E-state index in [0.717, 1.165) is 21.7 Å². The Morgan fingerprint density at radius 1 is 1.19 bits per heavy atom. The molecule has 0 saturated heterocycles. The van der Waals surface area contributed by atoms with E-state index in [1.165, 1.54) is 7.11 Å². The standard InChI is InChI=1S/C20H26N2O4S/c1-5-17(16-9-7-6-8-10-16)21-20(23)14-22(27(4,24)25)18-13-15(2)11-12-19(18)26-3/h6-13,17H,5,14H2,1-4H3,(H,21,23). The van der Waals surface area contributed by atoms with E-state index >= 15 is 0 Å². The molecule has 1 atom stereocenters. The van der Waals surface area contributed by atoms with Gasteiger partial charge in [-0.1, -0.05) is 43.3 Å². The number of nitrogens with one attached hydrogen (secondary N) is 1. The van der Waals surface area contributed by atoms with Gasteiger partial charge in [0, 0.05) is 0 Å². The SMILES string of the molecule is CCC(NC(=O)CN(c1cc(C)ccc1OC)S(C)(=O)=O)c1ccccc1. The van der Waals surface area contributed by atoms with Gasteiger partial charge in [0.05, 0.1) is 25.1 Å². The highest BCUT2D eigenvalue weighted by atomic mass is 32.2. The number of ether oxygens (including phenoxy) is 1. The molecule has 0 saturated carbocycles. The highest BCUT2D eigenvalue weighted by molar-refractivity contribution is 7.92. The average Bonchev–Trinajstić information content (AvgIpc) is 2.64. The number of carbonyl (C=O) groups excluding carboxylic acids is 1. The molecule has 0 aliphatic heterocycles. The first-order valence-electron chi connectivity index (χ1n) is 8.73. The Labute approximate surface area is 161 Å². The first-order valence-corrected chi connectivity index (χ1v) is 10.6. The minimum absolute atomic E-state index is 0.181. The lowest BCUT2D eigenvalue weighted by Gasteiger charge is -2.25. The zero-order valence-corrected chi connectivity index (χ0v) is 16.9. The number of hydrogen-bond acceptors (Lipinski definition) is 4. The Morgan fingerprint density at radius 2 is 1.85 bits per heavy atom. The summed E-state index contributed by atoms with van der Waals surface area (Å²) in [4.78, 5) is 12.6. The van der Waals surface area contributed by atoms with Gasteiger partial charge >= 0.3 is 0 Å². The van der Waals surface area contributed by atoms with Crippen molar-refractivity contribution in [1.29, 1.82) is 0 Å². The number of benzene rings is 2. The van der Waals surface area contributed by atoms with Gasteiger partial charge in [-0.3, -0.25) is 9.10 Å². The summed E-state index contributed by atoms with van der Waals surface area (Å²) < 4.78 is 31.1. The summed E-state index contributed by atoms with van der Waals surface area (Å²) in [6.07, 6.45) is 1.78. The van der Waals surface area contributed by atoms with Gasteiger partial charge in [-0.15, -0.1) is 0 Å². The molecule has 1 unspecified atom stereocenters. The van der Waals surface area contributed by atoms with E-state index in [4.69, 9.17) is 4.74 Å². The number of aryl methyl sites for hydroxylation is 1. The topological polar surface area (TPSA) is 75.7 Å². The molecule has 2 rings (SSSR count). The lowest BCUT2D eigenvalue weighted by atomic mass is 10.0. The van der Waals surface area contributed by atoms with Crippen molar-refractivity contribution in [2.45, 2.75) is 26.3 Å². The number of anilines is 1. The maximum atomic E-state index is 12.6. The Bertz CT molecular complexity index is 882. The summed E-state index contributed by atoms with van der Waals surface area (Å²) in [5.41, 5.74) is 2.20. The van der Waals surface area contributed by atoms with Gasteiger partial charge in [-0.05, 0) is 36.6 Å². The number of amides is 1. The van der Waals surface area contributed by atoms with Crippen LogP contribution >= 0.6 is 0 Å². The second-order valence-electron chi connectivity index (χ2n) is 6.38. The lowest BCUT2D eigenvalue weighted by molar-refractivity contribution is -0.120. The number of nitrogens with zero attached hydrogens (tertiary/aromatic N) is 1. The van der Waals surface area contributed by atoms with Crippen molar-refractivity contribution < 1.29 is 17.9 Å². The highest BCUT2D eigenvalue weighted by Gasteiger charge is 2.25. The van der Waals surface area contributed by atoms with Crippen LogP contribution in [0.2, 0.25) is 0 Å². The zero-order valence-electron chi connectivity index (χ0n) is 16.1. The summed E-state index contributed by atoms with van der Waals surface area (Å²) in [7, 11) is -2.21. The van der Waals surface area contributed by atoms with Crippen molar-refractivity contribution in [2.75, 3.05) is 24.2 Å². The number of rotatable bonds is 8. The van der Waals surface area contributed by atoms with E-state index in [-0.39, 0.29) is 18.5 Å². The van der Waals surface area contributed by atoms with Gasteiger partial charge in [-0.2, -0.15) is 0 Å². The molecule has 146 valence electrons. The molecule has 0 aliphatic rings. The Kier molecular flexibility index (Phi) is 6.85. The molecule has 0 fully saturated rings. The van der Waals surface area contributed by atoms with E-state index in [1.807, 2.05) is 50.2 Å². The maximum absolute atomic E-state index is 12.6. The first kappa shape index (κ1) is 20.8. The molecule has 1 N–H and O–H groups in total. The molecule has 6 nitrogen and oxygen atoms in total. The zero-order chi connectivity index (χ0) is 20.0. The van der Waals surface area contributed by atoms with Crippen molar-refractivity contribution in [3.63, 3.8) is 0 Å². The Morgan fingerprint density at radius 3 is 2.41 bits per heavy atom. The second kappa shape index (κ2) is 8.90. The molecule has 0 spiro atoms. The fraction of sp³-hybridized carbons (Fsp3) is 0.350. The summed E-state index contributed by atoms with van der Waals surface area (Å²) >= 11 is 0. The molecule has 0 radical (unpaired) electrons. The van der Waals surface area contributed by atoms with Gasteiger partial charge in [-0.25, -0.2) is 8.42 Å². The third kappa shape index (κ3) is 5.47. The summed E-state index contributed by atoms with van der Waals surface area (Å²) in [6.45, 7) is 3.50. The quantitative estimate of drug-likeness (QED) is 0.752. The largest absolute Gasteiger partial charge is 0.495 e. The van der Waals surface area contributed by atoms with Crippen molar-refractivity contribution in [2.24, 2.45) is 0 Å². The van der Waals surface area contributed by atoms with Crippen LogP contribution in [0.1, 0.15) is 30.5 Å². The van der Waals surface area contributed by atoms with Crippen LogP contribution < -0.4 is 14.4 Å². The minimum atomic E-state index is -3.68. The molecule has 0 bridgehead atoms. The van der Waals surface area contributed by atoms with Crippen LogP contribution in [0, 0.1) is 6.92 Å². The molecule has 0 aliphatic carbocycles. The molecule has 0 aromatic heterocycles. The molecule has 2 aromatic carbocycles. The molecular weight excluding hydrogens is 364 g/mol. The number of sulfonamides is 1. The van der Waals surface area contributed by atoms with E-state index in [1.54, 1.807) is 12.1 Å². The predicted molar refractivity (Wildman–Crippen MR) is 108 cm³/mol. The van der Waals surface area contributed by atoms with Gasteiger partial charge < -0.3 is 10.1 Å². The number of carbonyl (C=O) groups is 1. The fourth-order valence-corrected chi connectivity index (χ4v) is 3.70. The van der Waals surface area contributed by atoms with Crippen molar-refractivity contribution in [3.8, 4) is 5.75 Å². The van der Waals surface area contributed by atoms with Gasteiger partial charge in [0.1, 0.15) is 12.3 Å². The van der Waals surface area contributed by atoms with Gasteiger partial charge in [0.25, 0.3) is 0 Å². The van der Waals surface area contributed by atoms with Crippen LogP contribution in [0.15, 0.2) is 48.5 Å². The molecule has 0 heterocycles. The summed E-state index contributed by atoms with van der Waals surface area (Å²) in [5.74, 6) is 0.0219. The predicted octanol–water partition coefficient (Wildman–Crippen LogP) is 3.04. The molecule has 2 aromatic rings. The lowest BCUT2D eigenvalue weighted by Crippen LogP contribution is -2.41. The van der Waals surface area contributed by atoms with Crippen LogP contribution in [-0.2, 0) is 14.8 Å². The van der Waals surface area contributed by atoms with Crippen LogP contribution in [0.3, 0.4) is 0 Å². The van der Waals surface area contributed by atoms with E-state index in [9.17, 15) is 13.2 Å². The van der Waals surface area contributed by atoms with Crippen molar-refractivity contribution >= 4 is 21.6 Å². The smallest absolute Gasteiger partial charge is 0.241 e. The molecular formula is C20H26N2O4S. The number of methoxy groups -OCH3 is 1. The van der Waals surface area contributed by atoms with Gasteiger partial charge in [0.15, 0.2) is 0 Å². The monoisotopic (exact) mass is 390 g/mol. The normalized spacial score (nSPS) is 12.3. The van der Waals surface area contributed by atoms with E-state index in [0.29, 0.717) is 17.9 Å². The van der Waals surface area contributed by atoms with Crippen LogP contribution in [-0.4, -0.2) is 34.2 Å². The van der Waals surface area contributed by atoms with E-state index < -0.39 is 10.0 Å². The number of hydrogen-bond donors (Lipinski definition) is 1. The fourth-order valence-electron chi connectivity index (χ4n) is 2.85. The van der Waals surface area contributed by atoms with Crippen molar-refractivity contribution in [3.05, 3.63) is 59.7 Å². The van der Waals surface area contributed by atoms with Crippen molar-refractivity contribution in [1.82, 2.24) is 5.32 Å². The van der Waals surface area contributed by atoms with Gasteiger partial charge in [0.2, 0.25) is 15.9 Å². The second-order valence-corrected chi connectivity index (χ2v) is 8.29. The summed E-state index contributed by atoms with van der Waals surface area (Å²) in [6, 6.07) is 14.6. The minimum Gasteiger partial charge on any atom is -0.495 e. The summed E-state index contributed by atoms with van der Waals surface area (Å²) in [5, 5.41) is 2.92. The molecule has 7 heteroatoms. The van der Waals surface area contributed by atoms with Crippen LogP contribution in [0.25, 0.3) is 0 Å². The third-order valence-corrected chi connectivity index (χ3v) is 5.36. The van der Waals surface area contributed by atoms with E-state index in [2.05, 4.69) is 5.32 Å². The van der Waals surface area contributed by atoms with Crippen LogP contribution in [0.5, 0.6) is 5.75 Å². The Balaban J connectivity index is 2.27. The maximum Gasteiger partial charge on any atom is 0.241 e. The average molecular weight is 391 g/mol. The molecule has 1 amide bonds. The Hall–Kier alpha value is -2.54.